The molecule has 23 heavy (non-hydrogen) atoms. The molecule has 0 spiro atoms. The fourth-order valence-electron chi connectivity index (χ4n) is 1.59. The summed E-state index contributed by atoms with van der Waals surface area (Å²) in [6, 6.07) is 6.29. The molecule has 0 radical (unpaired) electrons. The molecule has 1 rings (SSSR count). The average molecular weight is 350 g/mol. The molecule has 1 aromatic rings. The van der Waals surface area contributed by atoms with E-state index in [4.69, 9.17) is 23.2 Å². The molecular formula is C18H17Cl2NO2. The van der Waals surface area contributed by atoms with Gasteiger partial charge in [0.1, 0.15) is 0 Å². The topological polar surface area (TPSA) is 43.1 Å². The molecule has 0 aliphatic rings. The van der Waals surface area contributed by atoms with E-state index in [1.54, 1.807) is 12.1 Å². The van der Waals surface area contributed by atoms with Gasteiger partial charge in [-0.05, 0) is 36.6 Å². The highest BCUT2D eigenvalue weighted by molar-refractivity contribution is 6.18. The minimum atomic E-state index is -0.424. The van der Waals surface area contributed by atoms with Crippen LogP contribution in [0.15, 0.2) is 29.8 Å². The molecule has 0 fully saturated rings. The number of nitrogens with zero attached hydrogens (tertiary/aromatic N) is 1. The van der Waals surface area contributed by atoms with Gasteiger partial charge in [0.15, 0.2) is 0 Å². The molecule has 3 nitrogen and oxygen atoms in total. The normalized spacial score (nSPS) is 9.13. The summed E-state index contributed by atoms with van der Waals surface area (Å²) in [5.74, 6) is 13.3. The summed E-state index contributed by atoms with van der Waals surface area (Å²) < 4.78 is 0. The molecule has 0 N–H and O–H groups in total. The Hall–Kier alpha value is -1.94. The van der Waals surface area contributed by atoms with Crippen LogP contribution < -0.4 is 0 Å². The van der Waals surface area contributed by atoms with E-state index in [9.17, 15) is 10.1 Å². The molecule has 0 bridgehead atoms. The van der Waals surface area contributed by atoms with Crippen LogP contribution in [0.3, 0.4) is 0 Å². The third-order valence-electron chi connectivity index (χ3n) is 2.73. The lowest BCUT2D eigenvalue weighted by Crippen LogP contribution is -1.87. The molecule has 120 valence electrons. The summed E-state index contributed by atoms with van der Waals surface area (Å²) in [4.78, 5) is 10.2. The molecule has 0 amide bonds. The molecule has 0 aromatic heterocycles. The van der Waals surface area contributed by atoms with E-state index >= 15 is 0 Å². The maximum atomic E-state index is 10.7. The van der Waals surface area contributed by atoms with Crippen molar-refractivity contribution in [2.45, 2.75) is 25.7 Å². The second-order valence-electron chi connectivity index (χ2n) is 4.60. The Labute approximate surface area is 146 Å². The number of alkyl halides is 2. The van der Waals surface area contributed by atoms with Crippen LogP contribution in [0, 0.1) is 33.8 Å². The number of unbranched alkanes of at least 4 members (excludes halogenated alkanes) is 2. The van der Waals surface area contributed by atoms with Gasteiger partial charge in [0, 0.05) is 36.7 Å². The highest BCUT2D eigenvalue weighted by atomic mass is 35.5. The largest absolute Gasteiger partial charge is 0.269 e. The Morgan fingerprint density at radius 1 is 1.04 bits per heavy atom. The second-order valence-corrected chi connectivity index (χ2v) is 5.35. The van der Waals surface area contributed by atoms with Crippen molar-refractivity contribution in [3.8, 4) is 23.7 Å². The van der Waals surface area contributed by atoms with Crippen molar-refractivity contribution in [2.75, 3.05) is 11.8 Å². The first kappa shape index (κ1) is 19.1. The van der Waals surface area contributed by atoms with Crippen LogP contribution in [-0.2, 0) is 0 Å². The van der Waals surface area contributed by atoms with E-state index in [1.807, 2.05) is 6.08 Å². The summed E-state index contributed by atoms with van der Waals surface area (Å²) in [5.41, 5.74) is 1.57. The van der Waals surface area contributed by atoms with Gasteiger partial charge in [0.25, 0.3) is 5.69 Å². The zero-order valence-electron chi connectivity index (χ0n) is 12.6. The van der Waals surface area contributed by atoms with Crippen LogP contribution in [0.25, 0.3) is 6.08 Å². The van der Waals surface area contributed by atoms with E-state index in [0.717, 1.165) is 18.4 Å². The van der Waals surface area contributed by atoms with Crippen LogP contribution >= 0.6 is 23.2 Å². The molecule has 5 heteroatoms. The fraction of sp³-hybridized carbons (Fsp3) is 0.333. The summed E-state index contributed by atoms with van der Waals surface area (Å²) in [6.45, 7) is 0. The van der Waals surface area contributed by atoms with Crippen LogP contribution in [-0.4, -0.2) is 16.7 Å². The number of benzene rings is 1. The van der Waals surface area contributed by atoms with Gasteiger partial charge in [0.2, 0.25) is 0 Å². The van der Waals surface area contributed by atoms with Gasteiger partial charge >= 0.3 is 0 Å². The molecule has 0 aliphatic carbocycles. The van der Waals surface area contributed by atoms with Crippen molar-refractivity contribution in [2.24, 2.45) is 0 Å². The first-order chi connectivity index (χ1) is 11.2. The third-order valence-corrected chi connectivity index (χ3v) is 3.27. The first-order valence-electron chi connectivity index (χ1n) is 7.23. The molecular weight excluding hydrogens is 333 g/mol. The lowest BCUT2D eigenvalue weighted by atomic mass is 10.1. The van der Waals surface area contributed by atoms with E-state index in [-0.39, 0.29) is 5.69 Å². The van der Waals surface area contributed by atoms with Crippen LogP contribution in [0.1, 0.15) is 31.2 Å². The maximum absolute atomic E-state index is 10.7. The highest BCUT2D eigenvalue weighted by Crippen LogP contribution is 2.14. The monoisotopic (exact) mass is 349 g/mol. The van der Waals surface area contributed by atoms with Crippen molar-refractivity contribution in [3.05, 3.63) is 45.5 Å². The molecule has 0 saturated carbocycles. The summed E-state index contributed by atoms with van der Waals surface area (Å²) in [5, 5.41) is 10.7. The molecule has 1 aromatic carbocycles. The van der Waals surface area contributed by atoms with E-state index in [2.05, 4.69) is 23.7 Å². The predicted molar refractivity (Wildman–Crippen MR) is 96.5 cm³/mol. The van der Waals surface area contributed by atoms with Crippen LogP contribution in [0.2, 0.25) is 0 Å². The van der Waals surface area contributed by atoms with Crippen molar-refractivity contribution in [1.29, 1.82) is 0 Å². The van der Waals surface area contributed by atoms with Crippen molar-refractivity contribution >= 4 is 35.0 Å². The van der Waals surface area contributed by atoms with Crippen LogP contribution in [0.5, 0.6) is 0 Å². The Morgan fingerprint density at radius 3 is 2.00 bits per heavy atom. The summed E-state index contributed by atoms with van der Waals surface area (Å²) >= 11 is 11.3. The number of hydrogen-bond acceptors (Lipinski definition) is 2. The number of rotatable bonds is 6. The minimum Gasteiger partial charge on any atom is -0.258 e. The Bertz CT molecular complexity index is 630. The van der Waals surface area contributed by atoms with Crippen molar-refractivity contribution < 1.29 is 4.92 Å². The number of nitro benzene ring substituents is 1. The lowest BCUT2D eigenvalue weighted by Gasteiger charge is -1.95. The van der Waals surface area contributed by atoms with Crippen molar-refractivity contribution in [3.63, 3.8) is 0 Å². The van der Waals surface area contributed by atoms with Crippen LogP contribution in [0.4, 0.5) is 5.69 Å². The first-order valence-corrected chi connectivity index (χ1v) is 8.30. The number of nitro groups is 1. The van der Waals surface area contributed by atoms with Gasteiger partial charge < -0.3 is 0 Å². The van der Waals surface area contributed by atoms with Gasteiger partial charge in [-0.3, -0.25) is 10.1 Å². The Morgan fingerprint density at radius 2 is 1.57 bits per heavy atom. The zero-order chi connectivity index (χ0) is 16.9. The summed E-state index contributed by atoms with van der Waals surface area (Å²) in [6.07, 6.45) is 4.91. The lowest BCUT2D eigenvalue weighted by molar-refractivity contribution is -0.384. The van der Waals surface area contributed by atoms with Gasteiger partial charge in [0.05, 0.1) is 10.5 Å². The molecule has 0 unspecified atom stereocenters. The maximum Gasteiger partial charge on any atom is 0.269 e. The van der Waals surface area contributed by atoms with E-state index in [0.29, 0.717) is 30.2 Å². The molecule has 0 atom stereocenters. The van der Waals surface area contributed by atoms with Crippen molar-refractivity contribution in [1.82, 2.24) is 0 Å². The fourth-order valence-corrected chi connectivity index (χ4v) is 1.86. The van der Waals surface area contributed by atoms with Gasteiger partial charge in [-0.25, -0.2) is 0 Å². The molecule has 0 aliphatic heterocycles. The number of hydrogen-bond donors (Lipinski definition) is 0. The highest BCUT2D eigenvalue weighted by Gasteiger charge is 2.02. The number of halogens is 2. The standard InChI is InChI=1S/C18H17Cl2NO2/c19-13-5-1-3-7-16(8-4-2-6-14-20)15-17-9-11-18(12-10-17)21(22)23/h9-12,15H,1-2,5-6,13-14H2. The number of non-ortho nitro benzene ring substituents is 1. The van der Waals surface area contributed by atoms with E-state index < -0.39 is 4.92 Å². The minimum absolute atomic E-state index is 0.0603. The van der Waals surface area contributed by atoms with Gasteiger partial charge in [-0.15, -0.1) is 23.2 Å². The molecule has 0 saturated heterocycles. The predicted octanol–water partition coefficient (Wildman–Crippen LogP) is 5.02. The SMILES string of the molecule is O=[N+]([O-])c1ccc(C=C(C#CCCCCl)C#CCCCCl)cc1. The second kappa shape index (κ2) is 11.6. The molecule has 0 heterocycles. The van der Waals surface area contributed by atoms with Gasteiger partial charge in [-0.1, -0.05) is 23.7 Å². The van der Waals surface area contributed by atoms with E-state index in [1.165, 1.54) is 12.1 Å². The Kier molecular flexibility index (Phi) is 9.64. The smallest absolute Gasteiger partial charge is 0.258 e. The quantitative estimate of drug-likeness (QED) is 0.238. The summed E-state index contributed by atoms with van der Waals surface area (Å²) in [7, 11) is 0. The third kappa shape index (κ3) is 8.31. The number of allylic oxidation sites excluding steroid dienone is 1. The van der Waals surface area contributed by atoms with Gasteiger partial charge in [-0.2, -0.15) is 0 Å². The average Bonchev–Trinajstić information content (AvgIpc) is 2.55. The Balaban J connectivity index is 2.92. The zero-order valence-corrected chi connectivity index (χ0v) is 14.2.